The van der Waals surface area contributed by atoms with Gasteiger partial charge in [-0.1, -0.05) is 46.6 Å². The molecule has 0 spiro atoms. The standard InChI is InChI=1S/C26H23BrClN3O5/c1-2-13-35-20-10-7-17(8-11-20)26(34)36-23-12-9-19(27)14-18(23)15-30-31-24(32)16-29-25(33)21-5-3-4-6-22(21)28/h3-12,14-15H,2,13,16H2,1H3,(H,29,33)(H,31,32). The summed E-state index contributed by atoms with van der Waals surface area (Å²) in [6.07, 6.45) is 2.22. The van der Waals surface area contributed by atoms with Crippen molar-refractivity contribution in [3.63, 3.8) is 0 Å². The van der Waals surface area contributed by atoms with E-state index in [1.807, 2.05) is 6.92 Å². The van der Waals surface area contributed by atoms with Crippen molar-refractivity contribution in [2.75, 3.05) is 13.2 Å². The van der Waals surface area contributed by atoms with Crippen LogP contribution in [0.25, 0.3) is 0 Å². The first-order valence-electron chi connectivity index (χ1n) is 11.0. The van der Waals surface area contributed by atoms with Crippen LogP contribution in [-0.4, -0.2) is 37.1 Å². The van der Waals surface area contributed by atoms with Crippen LogP contribution in [0.2, 0.25) is 5.02 Å². The van der Waals surface area contributed by atoms with Gasteiger partial charge in [-0.3, -0.25) is 9.59 Å². The van der Waals surface area contributed by atoms with Gasteiger partial charge in [0.1, 0.15) is 11.5 Å². The number of nitrogens with zero attached hydrogens (tertiary/aromatic N) is 1. The van der Waals surface area contributed by atoms with E-state index in [2.05, 4.69) is 31.8 Å². The molecule has 0 saturated carbocycles. The van der Waals surface area contributed by atoms with Crippen molar-refractivity contribution in [2.45, 2.75) is 13.3 Å². The summed E-state index contributed by atoms with van der Waals surface area (Å²) in [5.41, 5.74) is 3.38. The van der Waals surface area contributed by atoms with E-state index in [0.717, 1.165) is 10.9 Å². The maximum Gasteiger partial charge on any atom is 0.343 e. The fraction of sp³-hybridized carbons (Fsp3) is 0.154. The van der Waals surface area contributed by atoms with Crippen molar-refractivity contribution in [3.8, 4) is 11.5 Å². The molecule has 3 aromatic rings. The Bertz CT molecular complexity index is 1260. The predicted molar refractivity (Wildman–Crippen MR) is 141 cm³/mol. The SMILES string of the molecule is CCCOc1ccc(C(=O)Oc2ccc(Br)cc2C=NNC(=O)CNC(=O)c2ccccc2Cl)cc1. The normalized spacial score (nSPS) is 10.6. The van der Waals surface area contributed by atoms with Crippen molar-refractivity contribution < 1.29 is 23.9 Å². The molecule has 0 aliphatic heterocycles. The average molecular weight is 573 g/mol. The van der Waals surface area contributed by atoms with Crippen LogP contribution in [-0.2, 0) is 4.79 Å². The van der Waals surface area contributed by atoms with Gasteiger partial charge in [-0.05, 0) is 61.0 Å². The third kappa shape index (κ3) is 7.93. The number of nitrogens with one attached hydrogen (secondary N) is 2. The van der Waals surface area contributed by atoms with Gasteiger partial charge >= 0.3 is 5.97 Å². The molecule has 0 saturated heterocycles. The van der Waals surface area contributed by atoms with Crippen molar-refractivity contribution in [1.29, 1.82) is 0 Å². The first kappa shape index (κ1) is 26.9. The molecule has 0 fully saturated rings. The number of rotatable bonds is 10. The van der Waals surface area contributed by atoms with Crippen LogP contribution in [0.3, 0.4) is 0 Å². The first-order valence-corrected chi connectivity index (χ1v) is 12.1. The molecule has 36 heavy (non-hydrogen) atoms. The number of hydrogen-bond donors (Lipinski definition) is 2. The number of ether oxygens (including phenoxy) is 2. The molecule has 0 heterocycles. The van der Waals surface area contributed by atoms with Crippen LogP contribution in [0.5, 0.6) is 11.5 Å². The summed E-state index contributed by atoms with van der Waals surface area (Å²) in [5, 5.41) is 6.66. The fourth-order valence-corrected chi connectivity index (χ4v) is 3.49. The molecule has 0 unspecified atom stereocenters. The van der Waals surface area contributed by atoms with E-state index in [1.54, 1.807) is 66.7 Å². The fourth-order valence-electron chi connectivity index (χ4n) is 2.89. The minimum Gasteiger partial charge on any atom is -0.494 e. The molecule has 2 amide bonds. The van der Waals surface area contributed by atoms with Crippen LogP contribution in [0.1, 0.15) is 39.6 Å². The number of esters is 1. The summed E-state index contributed by atoms with van der Waals surface area (Å²) in [7, 11) is 0. The number of carbonyl (C=O) groups excluding carboxylic acids is 3. The number of benzene rings is 3. The van der Waals surface area contributed by atoms with Gasteiger partial charge in [-0.15, -0.1) is 0 Å². The second-order valence-corrected chi connectivity index (χ2v) is 8.72. The van der Waals surface area contributed by atoms with E-state index in [4.69, 9.17) is 21.1 Å². The molecule has 0 aliphatic rings. The number of hydrogen-bond acceptors (Lipinski definition) is 6. The van der Waals surface area contributed by atoms with Crippen molar-refractivity contribution in [3.05, 3.63) is 92.9 Å². The molecular formula is C26H23BrClN3O5. The van der Waals surface area contributed by atoms with Gasteiger partial charge < -0.3 is 14.8 Å². The number of carbonyl (C=O) groups is 3. The largest absolute Gasteiger partial charge is 0.494 e. The second-order valence-electron chi connectivity index (χ2n) is 7.40. The minimum atomic E-state index is -0.555. The van der Waals surface area contributed by atoms with Gasteiger partial charge in [0.2, 0.25) is 0 Å². The van der Waals surface area contributed by atoms with Gasteiger partial charge in [0.05, 0.1) is 35.5 Å². The average Bonchev–Trinajstić information content (AvgIpc) is 2.88. The number of halogens is 2. The molecular weight excluding hydrogens is 550 g/mol. The highest BCUT2D eigenvalue weighted by atomic mass is 79.9. The Hall–Kier alpha value is -3.69. The lowest BCUT2D eigenvalue weighted by molar-refractivity contribution is -0.120. The third-order valence-corrected chi connectivity index (χ3v) is 5.48. The zero-order valence-corrected chi connectivity index (χ0v) is 21.6. The Labute approximate surface area is 221 Å². The van der Waals surface area contributed by atoms with Gasteiger partial charge in [-0.25, -0.2) is 10.2 Å². The first-order chi connectivity index (χ1) is 17.4. The molecule has 10 heteroatoms. The number of hydrazone groups is 1. The van der Waals surface area contributed by atoms with Crippen LogP contribution in [0.15, 0.2) is 76.3 Å². The van der Waals surface area contributed by atoms with Crippen LogP contribution in [0, 0.1) is 0 Å². The number of amides is 2. The van der Waals surface area contributed by atoms with E-state index in [1.165, 1.54) is 6.21 Å². The van der Waals surface area contributed by atoms with E-state index < -0.39 is 17.8 Å². The molecule has 2 N–H and O–H groups in total. The maximum atomic E-state index is 12.6. The summed E-state index contributed by atoms with van der Waals surface area (Å²) in [6.45, 7) is 2.30. The monoisotopic (exact) mass is 571 g/mol. The van der Waals surface area contributed by atoms with Crippen molar-refractivity contribution in [2.24, 2.45) is 5.10 Å². The van der Waals surface area contributed by atoms with Gasteiger partial charge in [0.15, 0.2) is 0 Å². The summed E-state index contributed by atoms with van der Waals surface area (Å²) >= 11 is 9.35. The summed E-state index contributed by atoms with van der Waals surface area (Å²) in [5.74, 6) is -0.667. The summed E-state index contributed by atoms with van der Waals surface area (Å²) < 4.78 is 11.8. The second kappa shape index (κ2) is 13.4. The predicted octanol–water partition coefficient (Wildman–Crippen LogP) is 4.99. The Kier molecular flexibility index (Phi) is 10.0. The topological polar surface area (TPSA) is 106 Å². The lowest BCUT2D eigenvalue weighted by atomic mass is 10.2. The molecule has 0 radical (unpaired) electrons. The molecule has 8 nitrogen and oxygen atoms in total. The highest BCUT2D eigenvalue weighted by Crippen LogP contribution is 2.23. The third-order valence-electron chi connectivity index (χ3n) is 4.66. The minimum absolute atomic E-state index is 0.250. The zero-order valence-electron chi connectivity index (χ0n) is 19.3. The Morgan fingerprint density at radius 3 is 2.53 bits per heavy atom. The lowest BCUT2D eigenvalue weighted by Crippen LogP contribution is -2.35. The quantitative estimate of drug-likeness (QED) is 0.154. The van der Waals surface area contributed by atoms with Gasteiger partial charge in [0, 0.05) is 10.0 Å². The van der Waals surface area contributed by atoms with Crippen LogP contribution >= 0.6 is 27.5 Å². The molecule has 0 bridgehead atoms. The van der Waals surface area contributed by atoms with E-state index in [-0.39, 0.29) is 22.9 Å². The van der Waals surface area contributed by atoms with E-state index >= 15 is 0 Å². The van der Waals surface area contributed by atoms with E-state index in [0.29, 0.717) is 23.5 Å². The zero-order chi connectivity index (χ0) is 25.9. The van der Waals surface area contributed by atoms with Gasteiger partial charge in [0.25, 0.3) is 11.8 Å². The Morgan fingerprint density at radius 2 is 1.81 bits per heavy atom. The molecule has 186 valence electrons. The van der Waals surface area contributed by atoms with Crippen molar-refractivity contribution >= 4 is 51.5 Å². The highest BCUT2D eigenvalue weighted by molar-refractivity contribution is 9.10. The lowest BCUT2D eigenvalue weighted by Gasteiger charge is -2.09. The highest BCUT2D eigenvalue weighted by Gasteiger charge is 2.13. The van der Waals surface area contributed by atoms with Crippen molar-refractivity contribution in [1.82, 2.24) is 10.7 Å². The van der Waals surface area contributed by atoms with Gasteiger partial charge in [-0.2, -0.15) is 5.10 Å². The molecule has 3 aromatic carbocycles. The molecule has 0 aliphatic carbocycles. The molecule has 0 atom stereocenters. The maximum absolute atomic E-state index is 12.6. The van der Waals surface area contributed by atoms with Crippen LogP contribution in [0.4, 0.5) is 0 Å². The Morgan fingerprint density at radius 1 is 1.06 bits per heavy atom. The molecule has 3 rings (SSSR count). The smallest absolute Gasteiger partial charge is 0.343 e. The molecule has 0 aromatic heterocycles. The summed E-state index contributed by atoms with van der Waals surface area (Å²) in [4.78, 5) is 36.9. The van der Waals surface area contributed by atoms with E-state index in [9.17, 15) is 14.4 Å². The Balaban J connectivity index is 1.58. The summed E-state index contributed by atoms with van der Waals surface area (Å²) in [6, 6.07) is 18.2. The van der Waals surface area contributed by atoms with Crippen LogP contribution < -0.4 is 20.2 Å².